The maximum absolute atomic E-state index is 13.7. The normalized spacial score (nSPS) is 21.2. The van der Waals surface area contributed by atoms with Crippen LogP contribution in [0.1, 0.15) is 70.7 Å². The lowest BCUT2D eigenvalue weighted by Gasteiger charge is -2.33. The molecule has 3 rings (SSSR count). The minimum Gasteiger partial charge on any atom is -0.484 e. The van der Waals surface area contributed by atoms with Crippen LogP contribution in [0.25, 0.3) is 0 Å². The van der Waals surface area contributed by atoms with Crippen molar-refractivity contribution in [2.45, 2.75) is 112 Å². The molecule has 2 aromatic rings. The molecule has 0 spiro atoms. The number of aryl methyl sites for hydroxylation is 4. The molecular formula is C34H47NO9. The molecule has 0 aromatic heterocycles. The summed E-state index contributed by atoms with van der Waals surface area (Å²) in [6.07, 6.45) is -4.57. The molecule has 0 aliphatic carbocycles. The SMILES string of the molecule is Cc1cc(C)cc(OC2COCC(N(C(=O)OC(C)(C)C)C(=O)OC(C)(C)C)C(=O)OC(C)C2Oc2cc(C)cc(C)c2)c1. The highest BCUT2D eigenvalue weighted by molar-refractivity contribution is 5.94. The number of imide groups is 1. The molecule has 44 heavy (non-hydrogen) atoms. The highest BCUT2D eigenvalue weighted by Crippen LogP contribution is 2.27. The molecule has 0 bridgehead atoms. The van der Waals surface area contributed by atoms with Crippen LogP contribution in [0.2, 0.25) is 0 Å². The van der Waals surface area contributed by atoms with Crippen molar-refractivity contribution in [2.75, 3.05) is 13.2 Å². The third-order valence-corrected chi connectivity index (χ3v) is 6.40. The summed E-state index contributed by atoms with van der Waals surface area (Å²) in [6, 6.07) is 10.1. The van der Waals surface area contributed by atoms with Crippen LogP contribution in [0.4, 0.5) is 9.59 Å². The maximum Gasteiger partial charge on any atom is 0.420 e. The average Bonchev–Trinajstić information content (AvgIpc) is 2.86. The highest BCUT2D eigenvalue weighted by Gasteiger charge is 2.45. The summed E-state index contributed by atoms with van der Waals surface area (Å²) in [4.78, 5) is 41.0. The van der Waals surface area contributed by atoms with Crippen LogP contribution in [0, 0.1) is 27.7 Å². The van der Waals surface area contributed by atoms with Crippen LogP contribution < -0.4 is 9.47 Å². The lowest BCUT2D eigenvalue weighted by molar-refractivity contribution is -0.160. The molecule has 0 saturated carbocycles. The topological polar surface area (TPSA) is 110 Å². The van der Waals surface area contributed by atoms with E-state index >= 15 is 0 Å². The van der Waals surface area contributed by atoms with E-state index in [1.165, 1.54) is 0 Å². The fourth-order valence-corrected chi connectivity index (χ4v) is 4.83. The van der Waals surface area contributed by atoms with Gasteiger partial charge >= 0.3 is 18.2 Å². The number of ether oxygens (including phenoxy) is 6. The zero-order valence-corrected chi connectivity index (χ0v) is 27.8. The van der Waals surface area contributed by atoms with E-state index in [0.717, 1.165) is 22.3 Å². The van der Waals surface area contributed by atoms with Crippen LogP contribution in [-0.4, -0.2) is 71.8 Å². The van der Waals surface area contributed by atoms with Crippen molar-refractivity contribution in [1.82, 2.24) is 4.90 Å². The van der Waals surface area contributed by atoms with E-state index in [1.807, 2.05) is 64.1 Å². The number of esters is 1. The Morgan fingerprint density at radius 3 is 1.59 bits per heavy atom. The summed E-state index contributed by atoms with van der Waals surface area (Å²) in [6.45, 7) is 19.1. The predicted octanol–water partition coefficient (Wildman–Crippen LogP) is 6.62. The number of carbonyl (C=O) groups is 3. The van der Waals surface area contributed by atoms with Crippen molar-refractivity contribution in [1.29, 1.82) is 0 Å². The highest BCUT2D eigenvalue weighted by atomic mass is 16.6. The minimum atomic E-state index is -1.50. The Kier molecular flexibility index (Phi) is 10.9. The third-order valence-electron chi connectivity index (χ3n) is 6.40. The molecule has 1 aliphatic heterocycles. The van der Waals surface area contributed by atoms with Gasteiger partial charge in [0.2, 0.25) is 0 Å². The molecule has 2 aromatic carbocycles. The molecule has 1 aliphatic rings. The number of rotatable bonds is 5. The Labute approximate surface area is 260 Å². The van der Waals surface area contributed by atoms with Crippen LogP contribution in [0.5, 0.6) is 11.5 Å². The van der Waals surface area contributed by atoms with E-state index in [2.05, 4.69) is 0 Å². The van der Waals surface area contributed by atoms with E-state index in [1.54, 1.807) is 48.5 Å². The lowest BCUT2D eigenvalue weighted by Crippen LogP contribution is -2.54. The standard InChI is InChI=1S/C34H47NO9/c1-20-12-21(2)15-25(14-20)41-28-19-39-18-27(35(31(37)43-33(6,7)8)32(38)44-34(9,10)11)30(36)40-24(5)29(28)42-26-16-22(3)13-23(4)17-26/h12-17,24,27-29H,18-19H2,1-11H3. The largest absolute Gasteiger partial charge is 0.484 e. The number of amides is 2. The van der Waals surface area contributed by atoms with Crippen molar-refractivity contribution in [3.05, 3.63) is 58.7 Å². The van der Waals surface area contributed by atoms with Gasteiger partial charge in [0.05, 0.1) is 13.2 Å². The summed E-state index contributed by atoms with van der Waals surface area (Å²) in [5, 5.41) is 0. The van der Waals surface area contributed by atoms with Gasteiger partial charge in [-0.15, -0.1) is 0 Å². The second kappa shape index (κ2) is 13.9. The van der Waals surface area contributed by atoms with E-state index in [0.29, 0.717) is 16.4 Å². The first-order valence-corrected chi connectivity index (χ1v) is 14.8. The first kappa shape index (κ1) is 34.7. The van der Waals surface area contributed by atoms with Crippen LogP contribution in [0.3, 0.4) is 0 Å². The van der Waals surface area contributed by atoms with Crippen LogP contribution >= 0.6 is 0 Å². The van der Waals surface area contributed by atoms with Crippen molar-refractivity contribution >= 4 is 18.2 Å². The van der Waals surface area contributed by atoms with Gasteiger partial charge in [-0.2, -0.15) is 4.90 Å². The molecule has 1 heterocycles. The van der Waals surface area contributed by atoms with Gasteiger partial charge in [-0.05, 0) is 123 Å². The number of hydrogen-bond donors (Lipinski definition) is 0. The van der Waals surface area contributed by atoms with E-state index < -0.39 is 53.7 Å². The number of hydrogen-bond acceptors (Lipinski definition) is 9. The molecule has 242 valence electrons. The van der Waals surface area contributed by atoms with E-state index in [-0.39, 0.29) is 13.2 Å². The smallest absolute Gasteiger partial charge is 0.420 e. The second-order valence-electron chi connectivity index (χ2n) is 13.4. The first-order chi connectivity index (χ1) is 20.3. The Hall–Kier alpha value is -3.79. The fraction of sp³-hybridized carbons (Fsp3) is 0.559. The van der Waals surface area contributed by atoms with Crippen LogP contribution in [-0.2, 0) is 23.7 Å². The van der Waals surface area contributed by atoms with Crippen molar-refractivity contribution in [2.24, 2.45) is 0 Å². The monoisotopic (exact) mass is 613 g/mol. The maximum atomic E-state index is 13.7. The van der Waals surface area contributed by atoms with E-state index in [9.17, 15) is 14.4 Å². The van der Waals surface area contributed by atoms with E-state index in [4.69, 9.17) is 28.4 Å². The van der Waals surface area contributed by atoms with Crippen molar-refractivity contribution in [3.8, 4) is 11.5 Å². The summed E-state index contributed by atoms with van der Waals surface area (Å²) in [7, 11) is 0. The fourth-order valence-electron chi connectivity index (χ4n) is 4.83. The third kappa shape index (κ3) is 10.1. The molecule has 10 heteroatoms. The Balaban J connectivity index is 2.02. The second-order valence-corrected chi connectivity index (χ2v) is 13.4. The Morgan fingerprint density at radius 1 is 0.727 bits per heavy atom. The molecule has 1 fully saturated rings. The zero-order chi connectivity index (χ0) is 33.0. The molecule has 4 unspecified atom stereocenters. The average molecular weight is 614 g/mol. The number of carbonyl (C=O) groups excluding carboxylic acids is 3. The Morgan fingerprint density at radius 2 is 1.16 bits per heavy atom. The van der Waals surface area contributed by atoms with Gasteiger partial charge in [-0.3, -0.25) is 0 Å². The van der Waals surface area contributed by atoms with Gasteiger partial charge in [-0.1, -0.05) is 12.1 Å². The summed E-state index contributed by atoms with van der Waals surface area (Å²) in [5.41, 5.74) is 2.12. The number of cyclic esters (lactones) is 1. The van der Waals surface area contributed by atoms with Gasteiger partial charge in [-0.25, -0.2) is 14.4 Å². The predicted molar refractivity (Wildman–Crippen MR) is 165 cm³/mol. The van der Waals surface area contributed by atoms with Gasteiger partial charge < -0.3 is 28.4 Å². The van der Waals surface area contributed by atoms with Gasteiger partial charge in [0.25, 0.3) is 0 Å². The van der Waals surface area contributed by atoms with Crippen LogP contribution in [0.15, 0.2) is 36.4 Å². The minimum absolute atomic E-state index is 0.0452. The Bertz CT molecular complexity index is 1270. The van der Waals surface area contributed by atoms with Gasteiger partial charge in [0.1, 0.15) is 28.8 Å². The molecule has 1 saturated heterocycles. The van der Waals surface area contributed by atoms with Crippen molar-refractivity contribution < 1.29 is 42.8 Å². The molecule has 0 radical (unpaired) electrons. The molecule has 2 amide bonds. The summed E-state index contributed by atoms with van der Waals surface area (Å²) < 4.78 is 35.8. The quantitative estimate of drug-likeness (QED) is 0.271. The van der Waals surface area contributed by atoms with Gasteiger partial charge in [0, 0.05) is 0 Å². The number of nitrogens with zero attached hydrogens (tertiary/aromatic N) is 1. The molecule has 10 nitrogen and oxygen atoms in total. The van der Waals surface area contributed by atoms with Gasteiger partial charge in [0.15, 0.2) is 18.2 Å². The molecule has 4 atom stereocenters. The molecular weight excluding hydrogens is 566 g/mol. The zero-order valence-electron chi connectivity index (χ0n) is 27.8. The molecule has 0 N–H and O–H groups in total. The van der Waals surface area contributed by atoms with Crippen molar-refractivity contribution in [3.63, 3.8) is 0 Å². The lowest BCUT2D eigenvalue weighted by atomic mass is 10.1. The first-order valence-electron chi connectivity index (χ1n) is 14.8. The summed E-state index contributed by atoms with van der Waals surface area (Å²) >= 11 is 0. The summed E-state index contributed by atoms with van der Waals surface area (Å²) in [5.74, 6) is 0.295. The number of benzene rings is 2.